The molecule has 0 radical (unpaired) electrons. The van der Waals surface area contributed by atoms with Crippen LogP contribution in [0.15, 0.2) is 206 Å². The molecule has 0 spiro atoms. The average Bonchev–Trinajstić information content (AvgIpc) is 3.90. The Morgan fingerprint density at radius 1 is 0.276 bits per heavy atom. The van der Waals surface area contributed by atoms with Gasteiger partial charge < -0.3 is 18.4 Å². The van der Waals surface area contributed by atoms with Crippen LogP contribution < -0.4 is 4.90 Å². The van der Waals surface area contributed by atoms with Crippen molar-refractivity contribution >= 4 is 98.8 Å². The van der Waals surface area contributed by atoms with E-state index in [1.807, 2.05) is 0 Å². The first-order valence-electron chi connectivity index (χ1n) is 20.0. The number of hydrogen-bond donors (Lipinski definition) is 0. The maximum absolute atomic E-state index is 2.50. The summed E-state index contributed by atoms with van der Waals surface area (Å²) in [5.41, 5.74) is 14.0. The summed E-state index contributed by atoms with van der Waals surface area (Å²) in [5, 5.41) is 10.1. The first-order chi connectivity index (χ1) is 28.8. The third-order valence-corrected chi connectivity index (χ3v) is 12.3. The van der Waals surface area contributed by atoms with E-state index in [-0.39, 0.29) is 0 Å². The van der Waals surface area contributed by atoms with Gasteiger partial charge in [0.15, 0.2) is 0 Å². The maximum atomic E-state index is 2.50. The Morgan fingerprint density at radius 3 is 1.60 bits per heavy atom. The molecule has 0 bridgehead atoms. The van der Waals surface area contributed by atoms with Crippen molar-refractivity contribution in [2.24, 2.45) is 0 Å². The van der Waals surface area contributed by atoms with Gasteiger partial charge in [-0.2, -0.15) is 0 Å². The molecular weight excluding hydrogens is 705 g/mol. The predicted molar refractivity (Wildman–Crippen MR) is 244 cm³/mol. The number of aromatic nitrogens is 3. The van der Waals surface area contributed by atoms with Crippen LogP contribution in [0.4, 0.5) is 17.1 Å². The van der Waals surface area contributed by atoms with Gasteiger partial charge in [0.05, 0.1) is 38.6 Å². The highest BCUT2D eigenvalue weighted by Crippen LogP contribution is 2.45. The van der Waals surface area contributed by atoms with Crippen LogP contribution in [-0.2, 0) is 0 Å². The van der Waals surface area contributed by atoms with Gasteiger partial charge in [-0.25, -0.2) is 0 Å². The zero-order valence-corrected chi connectivity index (χ0v) is 31.4. The van der Waals surface area contributed by atoms with Crippen molar-refractivity contribution in [3.63, 3.8) is 0 Å². The van der Waals surface area contributed by atoms with Crippen molar-refractivity contribution in [3.8, 4) is 11.4 Å². The van der Waals surface area contributed by atoms with Gasteiger partial charge in [0.2, 0.25) is 0 Å². The molecule has 13 rings (SSSR count). The number of nitrogens with zero attached hydrogens (tertiary/aromatic N) is 4. The lowest BCUT2D eigenvalue weighted by Crippen LogP contribution is -2.10. The van der Waals surface area contributed by atoms with Gasteiger partial charge in [-0.1, -0.05) is 121 Å². The van der Waals surface area contributed by atoms with Crippen LogP contribution in [0, 0.1) is 0 Å². The normalized spacial score (nSPS) is 12.1. The van der Waals surface area contributed by atoms with E-state index >= 15 is 0 Å². The molecule has 13 aromatic rings. The molecular formula is C54H34N4. The number of anilines is 3. The van der Waals surface area contributed by atoms with Crippen molar-refractivity contribution in [2.75, 3.05) is 4.90 Å². The van der Waals surface area contributed by atoms with Crippen LogP contribution in [0.1, 0.15) is 0 Å². The summed E-state index contributed by atoms with van der Waals surface area (Å²) in [6.45, 7) is 0. The number of hydrogen-bond acceptors (Lipinski definition) is 1. The molecule has 0 aliphatic carbocycles. The molecule has 9 aromatic carbocycles. The number of fused-ring (bicyclic) bond motifs is 8. The number of rotatable bonds is 5. The molecule has 0 N–H and O–H groups in total. The van der Waals surface area contributed by atoms with Crippen molar-refractivity contribution < 1.29 is 0 Å². The van der Waals surface area contributed by atoms with Crippen molar-refractivity contribution in [2.45, 2.75) is 0 Å². The number of benzene rings is 9. The summed E-state index contributed by atoms with van der Waals surface area (Å²) < 4.78 is 7.37. The molecule has 4 nitrogen and oxygen atoms in total. The molecule has 4 aromatic heterocycles. The minimum Gasteiger partial charge on any atom is -0.310 e. The topological polar surface area (TPSA) is 17.5 Å². The van der Waals surface area contributed by atoms with Crippen LogP contribution in [0.3, 0.4) is 0 Å². The van der Waals surface area contributed by atoms with Gasteiger partial charge in [-0.05, 0) is 90.3 Å². The van der Waals surface area contributed by atoms with Crippen LogP contribution in [0.25, 0.3) is 93.1 Å². The number of para-hydroxylation sites is 5. The lowest BCUT2D eigenvalue weighted by molar-refractivity contribution is 1.16. The van der Waals surface area contributed by atoms with E-state index in [4.69, 9.17) is 0 Å². The Balaban J connectivity index is 1.08. The first-order valence-corrected chi connectivity index (χ1v) is 20.0. The second-order valence-electron chi connectivity index (χ2n) is 15.3. The Labute approximate surface area is 333 Å². The minimum atomic E-state index is 1.09. The smallest absolute Gasteiger partial charge is 0.0619 e. The lowest BCUT2D eigenvalue weighted by Gasteiger charge is -2.26. The summed E-state index contributed by atoms with van der Waals surface area (Å²) in [6.07, 6.45) is 0. The Kier molecular flexibility index (Phi) is 6.41. The molecule has 0 saturated carbocycles. The average molecular weight is 739 g/mol. The third-order valence-electron chi connectivity index (χ3n) is 12.3. The molecule has 0 atom stereocenters. The van der Waals surface area contributed by atoms with Crippen molar-refractivity contribution in [1.29, 1.82) is 0 Å². The molecule has 4 heterocycles. The Hall–Kier alpha value is -7.82. The fourth-order valence-corrected chi connectivity index (χ4v) is 10.0. The summed E-state index contributed by atoms with van der Waals surface area (Å²) >= 11 is 0. The van der Waals surface area contributed by atoms with Crippen LogP contribution in [0.5, 0.6) is 0 Å². The molecule has 0 fully saturated rings. The van der Waals surface area contributed by atoms with Gasteiger partial charge in [-0.15, -0.1) is 0 Å². The zero-order valence-electron chi connectivity index (χ0n) is 31.4. The van der Waals surface area contributed by atoms with Gasteiger partial charge >= 0.3 is 0 Å². The lowest BCUT2D eigenvalue weighted by atomic mass is 10.0. The largest absolute Gasteiger partial charge is 0.310 e. The molecule has 0 saturated heterocycles. The van der Waals surface area contributed by atoms with Crippen molar-refractivity contribution in [3.05, 3.63) is 206 Å². The summed E-state index contributed by atoms with van der Waals surface area (Å²) in [7, 11) is 0. The highest BCUT2D eigenvalue weighted by atomic mass is 15.1. The van der Waals surface area contributed by atoms with E-state index in [9.17, 15) is 0 Å². The highest BCUT2D eigenvalue weighted by molar-refractivity contribution is 6.31. The van der Waals surface area contributed by atoms with Gasteiger partial charge in [-0.3, -0.25) is 0 Å². The second kappa shape index (κ2) is 11.8. The zero-order chi connectivity index (χ0) is 37.9. The van der Waals surface area contributed by atoms with Crippen LogP contribution >= 0.6 is 0 Å². The van der Waals surface area contributed by atoms with E-state index in [0.717, 1.165) is 28.4 Å². The molecule has 0 amide bonds. The fraction of sp³-hybridized carbons (Fsp3) is 0. The van der Waals surface area contributed by atoms with E-state index in [0.29, 0.717) is 0 Å². The third kappa shape index (κ3) is 4.23. The molecule has 58 heavy (non-hydrogen) atoms. The van der Waals surface area contributed by atoms with E-state index < -0.39 is 0 Å². The quantitative estimate of drug-likeness (QED) is 0.172. The first kappa shape index (κ1) is 31.4. The predicted octanol–water partition coefficient (Wildman–Crippen LogP) is 14.5. The van der Waals surface area contributed by atoms with E-state index in [1.165, 1.54) is 81.7 Å². The Bertz CT molecular complexity index is 3740. The van der Waals surface area contributed by atoms with E-state index in [2.05, 4.69) is 225 Å². The molecule has 4 heteroatoms. The van der Waals surface area contributed by atoms with Gasteiger partial charge in [0.1, 0.15) is 0 Å². The van der Waals surface area contributed by atoms with Crippen LogP contribution in [-0.4, -0.2) is 13.5 Å². The highest BCUT2D eigenvalue weighted by Gasteiger charge is 2.23. The summed E-state index contributed by atoms with van der Waals surface area (Å²) in [5.74, 6) is 0. The standard InChI is InChI=1S/C54H34N4/c1-3-15-35(16-4-1)55(39-31-32-42-40-21-7-9-26-46(40)56(51(42)34-39)36-17-5-2-6-18-36)37-19-11-20-38(33-37)57-48-28-13-23-43-45-25-12-24-44-41-22-8-10-27-47(41)58(54(44)45)50-30-14-29-49(57)53(50)52(43)48/h1-34H. The monoisotopic (exact) mass is 738 g/mol. The van der Waals surface area contributed by atoms with Crippen LogP contribution in [0.2, 0.25) is 0 Å². The molecule has 0 aliphatic heterocycles. The molecule has 270 valence electrons. The summed E-state index contributed by atoms with van der Waals surface area (Å²) in [4.78, 5) is 2.39. The van der Waals surface area contributed by atoms with Gasteiger partial charge in [0, 0.05) is 66.1 Å². The Morgan fingerprint density at radius 2 is 0.776 bits per heavy atom. The SMILES string of the molecule is c1ccc(N(c2cccc(-n3c4cccc5c6cccc7c8ccccc8n(c8cccc3c8c54)c67)c2)c2ccc3c4ccccc4n(-c4ccccc4)c3c2)cc1. The second-order valence-corrected chi connectivity index (χ2v) is 15.3. The minimum absolute atomic E-state index is 1.09. The molecule has 0 unspecified atom stereocenters. The summed E-state index contributed by atoms with van der Waals surface area (Å²) in [6, 6.07) is 75.4. The van der Waals surface area contributed by atoms with E-state index in [1.54, 1.807) is 0 Å². The fourth-order valence-electron chi connectivity index (χ4n) is 10.0. The molecule has 0 aliphatic rings. The maximum Gasteiger partial charge on any atom is 0.0619 e. The van der Waals surface area contributed by atoms with Gasteiger partial charge in [0.25, 0.3) is 0 Å². The van der Waals surface area contributed by atoms with Crippen molar-refractivity contribution in [1.82, 2.24) is 13.5 Å².